The molecule has 144 valence electrons. The van der Waals surface area contributed by atoms with Crippen molar-refractivity contribution in [3.63, 3.8) is 0 Å². The van der Waals surface area contributed by atoms with Gasteiger partial charge in [0.25, 0.3) is 0 Å². The molecule has 0 radical (unpaired) electrons. The third-order valence-corrected chi connectivity index (χ3v) is 4.89. The van der Waals surface area contributed by atoms with Crippen molar-refractivity contribution in [1.29, 1.82) is 0 Å². The lowest BCUT2D eigenvalue weighted by atomic mass is 9.97. The highest BCUT2D eigenvalue weighted by Gasteiger charge is 2.28. The largest absolute Gasteiger partial charge is 0.445 e. The summed E-state index contributed by atoms with van der Waals surface area (Å²) in [6, 6.07) is 9.18. The number of carbonyl (C=O) groups is 2. The lowest BCUT2D eigenvalue weighted by Crippen LogP contribution is -2.49. The Kier molecular flexibility index (Phi) is 7.45. The molecular formula is C20H31N3O3. The van der Waals surface area contributed by atoms with Crippen LogP contribution in [0.5, 0.6) is 0 Å². The Bertz CT molecular complexity index is 591. The Labute approximate surface area is 156 Å². The van der Waals surface area contributed by atoms with Crippen LogP contribution in [0.25, 0.3) is 0 Å². The zero-order valence-corrected chi connectivity index (χ0v) is 16.1. The SMILES string of the molecule is CC(C)[C@H](N)C(=O)N(C)C[C@H]1CCCN(C(=O)OCc2ccccc2)C1. The van der Waals surface area contributed by atoms with Gasteiger partial charge in [0, 0.05) is 26.7 Å². The fourth-order valence-corrected chi connectivity index (χ4v) is 3.21. The number of hydrogen-bond donors (Lipinski definition) is 1. The first-order chi connectivity index (χ1) is 12.4. The third-order valence-electron chi connectivity index (χ3n) is 4.89. The molecule has 1 aromatic carbocycles. The van der Waals surface area contributed by atoms with E-state index in [0.717, 1.165) is 18.4 Å². The van der Waals surface area contributed by atoms with E-state index in [2.05, 4.69) is 0 Å². The van der Waals surface area contributed by atoms with E-state index in [1.807, 2.05) is 44.2 Å². The Morgan fingerprint density at radius 3 is 2.65 bits per heavy atom. The third kappa shape index (κ3) is 5.73. The van der Waals surface area contributed by atoms with Gasteiger partial charge < -0.3 is 20.3 Å². The number of likely N-dealkylation sites (N-methyl/N-ethyl adjacent to an activating group) is 1. The van der Waals surface area contributed by atoms with Crippen LogP contribution in [0, 0.1) is 11.8 Å². The number of amides is 2. The van der Waals surface area contributed by atoms with Gasteiger partial charge in [-0.2, -0.15) is 0 Å². The van der Waals surface area contributed by atoms with Gasteiger partial charge in [0.2, 0.25) is 5.91 Å². The number of benzene rings is 1. The molecular weight excluding hydrogens is 330 g/mol. The minimum absolute atomic E-state index is 0.0382. The quantitative estimate of drug-likeness (QED) is 0.844. The van der Waals surface area contributed by atoms with Crippen LogP contribution in [0.1, 0.15) is 32.3 Å². The van der Waals surface area contributed by atoms with Gasteiger partial charge in [-0.3, -0.25) is 4.79 Å². The average Bonchev–Trinajstić information content (AvgIpc) is 2.65. The maximum absolute atomic E-state index is 12.3. The second-order valence-electron chi connectivity index (χ2n) is 7.48. The highest BCUT2D eigenvalue weighted by molar-refractivity contribution is 5.81. The summed E-state index contributed by atoms with van der Waals surface area (Å²) in [5.41, 5.74) is 6.94. The fourth-order valence-electron chi connectivity index (χ4n) is 3.21. The van der Waals surface area contributed by atoms with E-state index in [4.69, 9.17) is 10.5 Å². The van der Waals surface area contributed by atoms with Crippen molar-refractivity contribution in [2.45, 2.75) is 39.3 Å². The number of likely N-dealkylation sites (tertiary alicyclic amines) is 1. The van der Waals surface area contributed by atoms with Crippen molar-refractivity contribution in [3.8, 4) is 0 Å². The van der Waals surface area contributed by atoms with Gasteiger partial charge in [-0.15, -0.1) is 0 Å². The summed E-state index contributed by atoms with van der Waals surface area (Å²) in [5.74, 6) is 0.325. The number of nitrogens with two attached hydrogens (primary N) is 1. The van der Waals surface area contributed by atoms with E-state index in [-0.39, 0.29) is 30.4 Å². The topological polar surface area (TPSA) is 75.9 Å². The summed E-state index contributed by atoms with van der Waals surface area (Å²) < 4.78 is 5.42. The number of hydrogen-bond acceptors (Lipinski definition) is 4. The average molecular weight is 361 g/mol. The first-order valence-electron chi connectivity index (χ1n) is 9.34. The highest BCUT2D eigenvalue weighted by atomic mass is 16.6. The van der Waals surface area contributed by atoms with E-state index >= 15 is 0 Å². The Balaban J connectivity index is 1.82. The normalized spacial score (nSPS) is 18.5. The first-order valence-corrected chi connectivity index (χ1v) is 9.34. The molecule has 26 heavy (non-hydrogen) atoms. The maximum atomic E-state index is 12.3. The number of piperidine rings is 1. The second-order valence-corrected chi connectivity index (χ2v) is 7.48. The minimum atomic E-state index is -0.476. The van der Waals surface area contributed by atoms with E-state index in [0.29, 0.717) is 19.6 Å². The van der Waals surface area contributed by atoms with Gasteiger partial charge in [0.1, 0.15) is 6.61 Å². The Morgan fingerprint density at radius 1 is 1.31 bits per heavy atom. The van der Waals surface area contributed by atoms with Crippen molar-refractivity contribution < 1.29 is 14.3 Å². The molecule has 2 N–H and O–H groups in total. The summed E-state index contributed by atoms with van der Waals surface area (Å²) in [4.78, 5) is 28.1. The molecule has 6 nitrogen and oxygen atoms in total. The molecule has 1 saturated heterocycles. The van der Waals surface area contributed by atoms with Crippen molar-refractivity contribution in [2.24, 2.45) is 17.6 Å². The molecule has 2 amide bonds. The molecule has 1 aliphatic heterocycles. The van der Waals surface area contributed by atoms with Crippen LogP contribution < -0.4 is 5.73 Å². The van der Waals surface area contributed by atoms with Crippen LogP contribution in [0.4, 0.5) is 4.79 Å². The standard InChI is InChI=1S/C20H31N3O3/c1-15(2)18(21)19(24)22(3)12-17-10-7-11-23(13-17)20(25)26-14-16-8-5-4-6-9-16/h4-6,8-9,15,17-18H,7,10-14,21H2,1-3H3/t17-,18+/m1/s1. The molecule has 0 bridgehead atoms. The van der Waals surface area contributed by atoms with Gasteiger partial charge in [-0.25, -0.2) is 4.79 Å². The van der Waals surface area contributed by atoms with Crippen molar-refractivity contribution in [2.75, 3.05) is 26.7 Å². The molecule has 6 heteroatoms. The summed E-state index contributed by atoms with van der Waals surface area (Å²) in [5, 5.41) is 0. The Hall–Kier alpha value is -2.08. The summed E-state index contributed by atoms with van der Waals surface area (Å²) >= 11 is 0. The first kappa shape index (κ1) is 20.2. The predicted octanol–water partition coefficient (Wildman–Crippen LogP) is 2.48. The molecule has 1 aliphatic rings. The molecule has 0 spiro atoms. The second kappa shape index (κ2) is 9.57. The molecule has 1 aromatic rings. The van der Waals surface area contributed by atoms with Gasteiger partial charge in [0.05, 0.1) is 6.04 Å². The van der Waals surface area contributed by atoms with E-state index in [9.17, 15) is 9.59 Å². The molecule has 0 aromatic heterocycles. The molecule has 0 saturated carbocycles. The lowest BCUT2D eigenvalue weighted by molar-refractivity contribution is -0.133. The fraction of sp³-hybridized carbons (Fsp3) is 0.600. The molecule has 1 heterocycles. The predicted molar refractivity (Wildman–Crippen MR) is 101 cm³/mol. The zero-order chi connectivity index (χ0) is 19.1. The smallest absolute Gasteiger partial charge is 0.410 e. The van der Waals surface area contributed by atoms with E-state index in [1.165, 1.54) is 0 Å². The zero-order valence-electron chi connectivity index (χ0n) is 16.1. The number of carbonyl (C=O) groups excluding carboxylic acids is 2. The highest BCUT2D eigenvalue weighted by Crippen LogP contribution is 2.19. The molecule has 2 atom stereocenters. The number of ether oxygens (including phenoxy) is 1. The molecule has 1 fully saturated rings. The van der Waals surface area contributed by atoms with Crippen LogP contribution in [0.3, 0.4) is 0 Å². The molecule has 0 aliphatic carbocycles. The van der Waals surface area contributed by atoms with Crippen LogP contribution >= 0.6 is 0 Å². The summed E-state index contributed by atoms with van der Waals surface area (Å²) in [6.45, 7) is 6.10. The Morgan fingerprint density at radius 2 is 2.00 bits per heavy atom. The molecule has 2 rings (SSSR count). The molecule has 0 unspecified atom stereocenters. The van der Waals surface area contributed by atoms with Crippen LogP contribution in [-0.4, -0.2) is 54.5 Å². The minimum Gasteiger partial charge on any atom is -0.445 e. The monoisotopic (exact) mass is 361 g/mol. The van der Waals surface area contributed by atoms with Gasteiger partial charge in [0.15, 0.2) is 0 Å². The van der Waals surface area contributed by atoms with Crippen LogP contribution in [0.15, 0.2) is 30.3 Å². The van der Waals surface area contributed by atoms with E-state index < -0.39 is 6.04 Å². The maximum Gasteiger partial charge on any atom is 0.410 e. The lowest BCUT2D eigenvalue weighted by Gasteiger charge is -2.35. The van der Waals surface area contributed by atoms with Gasteiger partial charge in [-0.05, 0) is 30.2 Å². The number of rotatable bonds is 6. The van der Waals surface area contributed by atoms with Crippen molar-refractivity contribution >= 4 is 12.0 Å². The van der Waals surface area contributed by atoms with Crippen molar-refractivity contribution in [3.05, 3.63) is 35.9 Å². The summed E-state index contributed by atoms with van der Waals surface area (Å²) in [6.07, 6.45) is 1.63. The van der Waals surface area contributed by atoms with E-state index in [1.54, 1.807) is 16.8 Å². The summed E-state index contributed by atoms with van der Waals surface area (Å²) in [7, 11) is 1.79. The number of nitrogens with zero attached hydrogens (tertiary/aromatic N) is 2. The van der Waals surface area contributed by atoms with Gasteiger partial charge in [-0.1, -0.05) is 44.2 Å². The van der Waals surface area contributed by atoms with Gasteiger partial charge >= 0.3 is 6.09 Å². The van der Waals surface area contributed by atoms with Crippen LogP contribution in [-0.2, 0) is 16.1 Å². The van der Waals surface area contributed by atoms with Crippen molar-refractivity contribution in [1.82, 2.24) is 9.80 Å². The van der Waals surface area contributed by atoms with Crippen LogP contribution in [0.2, 0.25) is 0 Å².